The number of piperidine rings is 1. The van der Waals surface area contributed by atoms with Crippen LogP contribution in [0.15, 0.2) is 22.7 Å². The molecule has 1 aliphatic heterocycles. The predicted molar refractivity (Wildman–Crippen MR) is 79.4 cm³/mol. The van der Waals surface area contributed by atoms with Crippen LogP contribution in [0.1, 0.15) is 35.7 Å². The van der Waals surface area contributed by atoms with Gasteiger partial charge >= 0.3 is 0 Å². The number of hydrogen-bond donors (Lipinski definition) is 0. The average Bonchev–Trinajstić information content (AvgIpc) is 2.41. The average molecular weight is 326 g/mol. The third-order valence-corrected chi connectivity index (χ3v) is 4.36. The highest BCUT2D eigenvalue weighted by Gasteiger charge is 2.33. The number of rotatable bonds is 2. The van der Waals surface area contributed by atoms with Crippen molar-refractivity contribution < 1.29 is 9.53 Å². The lowest BCUT2D eigenvalue weighted by Crippen LogP contribution is -2.49. The molecule has 2 rings (SSSR count). The zero-order valence-electron chi connectivity index (χ0n) is 11.7. The standard InChI is InChI=1S/C15H20BrNO2/c1-11-5-6-12(16)9-13(11)14(18)17-8-4-7-15(2,10-17)19-3/h5-6,9H,4,7-8,10H2,1-3H3. The molecular weight excluding hydrogens is 306 g/mol. The Morgan fingerprint density at radius 1 is 1.47 bits per heavy atom. The van der Waals surface area contributed by atoms with Crippen LogP contribution < -0.4 is 0 Å². The fraction of sp³-hybridized carbons (Fsp3) is 0.533. The summed E-state index contributed by atoms with van der Waals surface area (Å²) in [5.74, 6) is 0.0989. The third-order valence-electron chi connectivity index (χ3n) is 3.87. The van der Waals surface area contributed by atoms with Crippen LogP contribution in [0.5, 0.6) is 0 Å². The summed E-state index contributed by atoms with van der Waals surface area (Å²) in [5, 5.41) is 0. The van der Waals surface area contributed by atoms with Crippen molar-refractivity contribution in [1.82, 2.24) is 4.90 Å². The van der Waals surface area contributed by atoms with Crippen LogP contribution in [0.3, 0.4) is 0 Å². The second kappa shape index (κ2) is 5.63. The molecule has 1 aromatic carbocycles. The van der Waals surface area contributed by atoms with Gasteiger partial charge in [0.15, 0.2) is 0 Å². The minimum absolute atomic E-state index is 0.0989. The molecule has 1 fully saturated rings. The topological polar surface area (TPSA) is 29.5 Å². The van der Waals surface area contributed by atoms with E-state index in [1.807, 2.05) is 30.0 Å². The number of carbonyl (C=O) groups excluding carboxylic acids is 1. The first-order chi connectivity index (χ1) is 8.95. The minimum Gasteiger partial charge on any atom is -0.377 e. The first kappa shape index (κ1) is 14.5. The maximum atomic E-state index is 12.6. The van der Waals surface area contributed by atoms with Gasteiger partial charge in [0, 0.05) is 30.2 Å². The molecule has 0 N–H and O–H groups in total. The highest BCUT2D eigenvalue weighted by atomic mass is 79.9. The van der Waals surface area contributed by atoms with Crippen LogP contribution >= 0.6 is 15.9 Å². The number of amides is 1. The number of ether oxygens (including phenoxy) is 1. The lowest BCUT2D eigenvalue weighted by molar-refractivity contribution is -0.0440. The quantitative estimate of drug-likeness (QED) is 0.834. The molecule has 3 nitrogen and oxygen atoms in total. The maximum Gasteiger partial charge on any atom is 0.254 e. The van der Waals surface area contributed by atoms with E-state index in [9.17, 15) is 4.79 Å². The Hall–Kier alpha value is -0.870. The van der Waals surface area contributed by atoms with Gasteiger partial charge < -0.3 is 9.64 Å². The van der Waals surface area contributed by atoms with Gasteiger partial charge in [0.05, 0.1) is 5.60 Å². The normalized spacial score (nSPS) is 23.5. The molecule has 1 aliphatic rings. The molecular formula is C15H20BrNO2. The Bertz CT molecular complexity index is 489. The second-order valence-corrected chi connectivity index (χ2v) is 6.36. The van der Waals surface area contributed by atoms with Gasteiger partial charge in [-0.1, -0.05) is 22.0 Å². The third kappa shape index (κ3) is 3.18. The number of carbonyl (C=O) groups is 1. The number of methoxy groups -OCH3 is 1. The molecule has 1 aromatic rings. The Morgan fingerprint density at radius 2 is 2.21 bits per heavy atom. The first-order valence-corrected chi connectivity index (χ1v) is 7.35. The molecule has 0 bridgehead atoms. The molecule has 104 valence electrons. The summed E-state index contributed by atoms with van der Waals surface area (Å²) in [5.41, 5.74) is 1.57. The van der Waals surface area contributed by atoms with Crippen molar-refractivity contribution in [2.75, 3.05) is 20.2 Å². The molecule has 0 spiro atoms. The van der Waals surface area contributed by atoms with Crippen molar-refractivity contribution in [3.8, 4) is 0 Å². The van der Waals surface area contributed by atoms with Gasteiger partial charge in [-0.25, -0.2) is 0 Å². The fourth-order valence-corrected chi connectivity index (χ4v) is 2.90. The highest BCUT2D eigenvalue weighted by Crippen LogP contribution is 2.26. The fourth-order valence-electron chi connectivity index (χ4n) is 2.54. The van der Waals surface area contributed by atoms with Crippen molar-refractivity contribution in [1.29, 1.82) is 0 Å². The van der Waals surface area contributed by atoms with Crippen LogP contribution in [-0.4, -0.2) is 36.6 Å². The van der Waals surface area contributed by atoms with Crippen molar-refractivity contribution in [2.24, 2.45) is 0 Å². The summed E-state index contributed by atoms with van der Waals surface area (Å²) >= 11 is 3.43. The smallest absolute Gasteiger partial charge is 0.254 e. The number of halogens is 1. The first-order valence-electron chi connectivity index (χ1n) is 6.56. The lowest BCUT2D eigenvalue weighted by Gasteiger charge is -2.39. The predicted octanol–water partition coefficient (Wildman–Crippen LogP) is 3.40. The van der Waals surface area contributed by atoms with E-state index in [1.54, 1.807) is 7.11 Å². The van der Waals surface area contributed by atoms with Gasteiger partial charge in [0.1, 0.15) is 0 Å². The summed E-state index contributed by atoms with van der Waals surface area (Å²) in [7, 11) is 1.72. The lowest BCUT2D eigenvalue weighted by atomic mass is 9.94. The maximum absolute atomic E-state index is 12.6. The number of likely N-dealkylation sites (tertiary alicyclic amines) is 1. The van der Waals surface area contributed by atoms with E-state index in [1.165, 1.54) is 0 Å². The Labute approximate surface area is 123 Å². The van der Waals surface area contributed by atoms with Crippen molar-refractivity contribution in [3.05, 3.63) is 33.8 Å². The van der Waals surface area contributed by atoms with Gasteiger partial charge in [-0.15, -0.1) is 0 Å². The van der Waals surface area contributed by atoms with Gasteiger partial charge in [-0.3, -0.25) is 4.79 Å². The Balaban J connectivity index is 2.22. The van der Waals surface area contributed by atoms with Gasteiger partial charge in [0.25, 0.3) is 5.91 Å². The van der Waals surface area contributed by atoms with E-state index in [0.717, 1.165) is 35.0 Å². The Morgan fingerprint density at radius 3 is 2.89 bits per heavy atom. The highest BCUT2D eigenvalue weighted by molar-refractivity contribution is 9.10. The SMILES string of the molecule is COC1(C)CCCN(C(=O)c2cc(Br)ccc2C)C1. The molecule has 1 amide bonds. The molecule has 0 saturated carbocycles. The summed E-state index contributed by atoms with van der Waals surface area (Å²) in [6.07, 6.45) is 1.99. The molecule has 1 unspecified atom stereocenters. The van der Waals surface area contributed by atoms with Crippen molar-refractivity contribution in [3.63, 3.8) is 0 Å². The van der Waals surface area contributed by atoms with Crippen molar-refractivity contribution in [2.45, 2.75) is 32.3 Å². The van der Waals surface area contributed by atoms with E-state index in [2.05, 4.69) is 22.9 Å². The summed E-state index contributed by atoms with van der Waals surface area (Å²) in [6.45, 7) is 5.51. The number of aryl methyl sites for hydroxylation is 1. The van der Waals surface area contributed by atoms with Crippen LogP contribution in [0.4, 0.5) is 0 Å². The molecule has 0 aliphatic carbocycles. The van der Waals surface area contributed by atoms with E-state index < -0.39 is 0 Å². The molecule has 0 aromatic heterocycles. The van der Waals surface area contributed by atoms with Gasteiger partial charge in [0.2, 0.25) is 0 Å². The van der Waals surface area contributed by atoms with E-state index in [4.69, 9.17) is 4.74 Å². The van der Waals surface area contributed by atoms with Crippen molar-refractivity contribution >= 4 is 21.8 Å². The summed E-state index contributed by atoms with van der Waals surface area (Å²) < 4.78 is 6.48. The molecule has 0 radical (unpaired) electrons. The molecule has 1 heterocycles. The molecule has 1 atom stereocenters. The van der Waals surface area contributed by atoms with Crippen LogP contribution in [0.2, 0.25) is 0 Å². The Kier molecular flexibility index (Phi) is 4.31. The van der Waals surface area contributed by atoms with Crippen LogP contribution in [0.25, 0.3) is 0 Å². The van der Waals surface area contributed by atoms with Gasteiger partial charge in [-0.2, -0.15) is 0 Å². The monoisotopic (exact) mass is 325 g/mol. The van der Waals surface area contributed by atoms with E-state index in [0.29, 0.717) is 6.54 Å². The second-order valence-electron chi connectivity index (χ2n) is 5.44. The van der Waals surface area contributed by atoms with E-state index in [-0.39, 0.29) is 11.5 Å². The largest absolute Gasteiger partial charge is 0.377 e. The summed E-state index contributed by atoms with van der Waals surface area (Å²) in [6, 6.07) is 5.83. The molecule has 4 heteroatoms. The zero-order valence-corrected chi connectivity index (χ0v) is 13.3. The van der Waals surface area contributed by atoms with Crippen LogP contribution in [0, 0.1) is 6.92 Å². The number of benzene rings is 1. The van der Waals surface area contributed by atoms with Gasteiger partial charge in [-0.05, 0) is 44.4 Å². The summed E-state index contributed by atoms with van der Waals surface area (Å²) in [4.78, 5) is 14.5. The molecule has 1 saturated heterocycles. The van der Waals surface area contributed by atoms with E-state index >= 15 is 0 Å². The number of hydrogen-bond acceptors (Lipinski definition) is 2. The number of nitrogens with zero attached hydrogens (tertiary/aromatic N) is 1. The van der Waals surface area contributed by atoms with Crippen LogP contribution in [-0.2, 0) is 4.74 Å². The molecule has 19 heavy (non-hydrogen) atoms. The zero-order chi connectivity index (χ0) is 14.0. The minimum atomic E-state index is -0.214.